The fourth-order valence-electron chi connectivity index (χ4n) is 6.44. The van der Waals surface area contributed by atoms with Crippen LogP contribution in [0.5, 0.6) is 0 Å². The first-order valence-electron chi connectivity index (χ1n) is 12.4. The van der Waals surface area contributed by atoms with Gasteiger partial charge in [-0.25, -0.2) is 0 Å². The number of hydrogen-bond acceptors (Lipinski definition) is 4. The summed E-state index contributed by atoms with van der Waals surface area (Å²) in [6.07, 6.45) is 5.66. The molecule has 0 aromatic rings. The molecule has 0 aromatic heterocycles. The lowest BCUT2D eigenvalue weighted by Crippen LogP contribution is -2.59. The Labute approximate surface area is 194 Å². The quantitative estimate of drug-likeness (QED) is 0.460. The van der Waals surface area contributed by atoms with Gasteiger partial charge in [0, 0.05) is 22.2 Å². The highest BCUT2D eigenvalue weighted by Crippen LogP contribution is 2.48. The summed E-state index contributed by atoms with van der Waals surface area (Å²) < 4.78 is 0. The minimum absolute atomic E-state index is 0.0839. The van der Waals surface area contributed by atoms with E-state index in [1.807, 2.05) is 0 Å². The van der Waals surface area contributed by atoms with E-state index in [-0.39, 0.29) is 22.2 Å². The van der Waals surface area contributed by atoms with Crippen LogP contribution in [0.2, 0.25) is 0 Å². The summed E-state index contributed by atoms with van der Waals surface area (Å²) in [4.78, 5) is 0. The van der Waals surface area contributed by atoms with Gasteiger partial charge in [0.25, 0.3) is 0 Å². The van der Waals surface area contributed by atoms with Gasteiger partial charge < -0.3 is 10.4 Å². The topological polar surface area (TPSA) is 46.9 Å². The maximum absolute atomic E-state index is 10.2. The Kier molecular flexibility index (Phi) is 8.28. The first kappa shape index (κ1) is 28.9. The molecule has 2 rings (SSSR count). The van der Waals surface area contributed by atoms with Crippen molar-refractivity contribution in [2.24, 2.45) is 22.7 Å². The minimum Gasteiger partial charge on any atom is -0.313 e. The predicted octanol–water partition coefficient (Wildman–Crippen LogP) is 7.77. The van der Waals surface area contributed by atoms with Crippen LogP contribution in [0.4, 0.5) is 0 Å². The lowest BCUT2D eigenvalue weighted by molar-refractivity contribution is -0.252. The van der Waals surface area contributed by atoms with Crippen LogP contribution in [0, 0.1) is 22.7 Å². The Balaban J connectivity index is 0.000000311. The molecule has 4 nitrogen and oxygen atoms in total. The van der Waals surface area contributed by atoms with E-state index in [2.05, 4.69) is 96.9 Å². The standard InChI is InChI=1S/C14H29NO.C13H27NO/c1-12(2,3)8-11-9-13(4,5)15(16)14(6,7)10-11;1-11(2,3)8-10-9-12(4,5)14(15)13(10,6)7/h11,16H,8-10H2,1-7H3;10,15H,8-9H2,1-7H3. The van der Waals surface area contributed by atoms with E-state index in [0.29, 0.717) is 22.7 Å². The first-order valence-corrected chi connectivity index (χ1v) is 12.4. The second-order valence-corrected chi connectivity index (χ2v) is 15.4. The zero-order valence-electron chi connectivity index (χ0n) is 23.5. The SMILES string of the molecule is CC(C)(C)CC1CC(C)(C)N(O)C(C)(C)C1.CC(C)(C)CC1CC(C)(C)N(O)C1(C)C. The highest BCUT2D eigenvalue weighted by atomic mass is 16.5. The molecule has 2 aliphatic heterocycles. The molecule has 0 spiro atoms. The van der Waals surface area contributed by atoms with Gasteiger partial charge in [-0.2, -0.15) is 10.1 Å². The van der Waals surface area contributed by atoms with Crippen LogP contribution >= 0.6 is 0 Å². The van der Waals surface area contributed by atoms with Crippen molar-refractivity contribution in [1.82, 2.24) is 10.1 Å². The van der Waals surface area contributed by atoms with E-state index in [9.17, 15) is 10.4 Å². The first-order chi connectivity index (χ1) is 13.4. The van der Waals surface area contributed by atoms with Crippen molar-refractivity contribution in [1.29, 1.82) is 0 Å². The number of hydroxylamine groups is 4. The number of hydrogen-bond donors (Lipinski definition) is 2. The van der Waals surface area contributed by atoms with Crippen LogP contribution in [-0.2, 0) is 0 Å². The molecule has 2 saturated heterocycles. The van der Waals surface area contributed by atoms with E-state index >= 15 is 0 Å². The Morgan fingerprint density at radius 1 is 0.613 bits per heavy atom. The van der Waals surface area contributed by atoms with Gasteiger partial charge >= 0.3 is 0 Å². The van der Waals surface area contributed by atoms with Crippen LogP contribution in [0.15, 0.2) is 0 Å². The van der Waals surface area contributed by atoms with Crippen molar-refractivity contribution < 1.29 is 10.4 Å². The zero-order chi connectivity index (χ0) is 24.8. The van der Waals surface area contributed by atoms with E-state index in [4.69, 9.17) is 0 Å². The van der Waals surface area contributed by atoms with Crippen LogP contribution in [0.1, 0.15) is 129 Å². The maximum Gasteiger partial charge on any atom is 0.0439 e. The van der Waals surface area contributed by atoms with E-state index in [1.54, 1.807) is 10.1 Å². The van der Waals surface area contributed by atoms with Gasteiger partial charge in [-0.1, -0.05) is 41.5 Å². The highest BCUT2D eigenvalue weighted by molar-refractivity contribution is 5.02. The van der Waals surface area contributed by atoms with Gasteiger partial charge in [0.2, 0.25) is 0 Å². The lowest BCUT2D eigenvalue weighted by Gasteiger charge is -2.52. The average Bonchev–Trinajstić information content (AvgIpc) is 2.61. The van der Waals surface area contributed by atoms with Gasteiger partial charge in [0.1, 0.15) is 0 Å². The lowest BCUT2D eigenvalue weighted by atomic mass is 9.70. The van der Waals surface area contributed by atoms with Gasteiger partial charge in [-0.15, -0.1) is 0 Å². The molecular formula is C27H56N2O2. The van der Waals surface area contributed by atoms with Crippen LogP contribution in [0.25, 0.3) is 0 Å². The molecule has 0 aliphatic carbocycles. The summed E-state index contributed by atoms with van der Waals surface area (Å²) >= 11 is 0. The molecule has 2 fully saturated rings. The van der Waals surface area contributed by atoms with Crippen molar-refractivity contribution in [3.8, 4) is 0 Å². The molecule has 1 unspecified atom stereocenters. The monoisotopic (exact) mass is 440 g/mol. The molecule has 2 N–H and O–H groups in total. The molecular weight excluding hydrogens is 384 g/mol. The molecule has 0 saturated carbocycles. The molecule has 31 heavy (non-hydrogen) atoms. The maximum atomic E-state index is 10.2. The molecule has 0 bridgehead atoms. The summed E-state index contributed by atoms with van der Waals surface area (Å²) in [5.74, 6) is 1.28. The molecule has 2 aliphatic rings. The smallest absolute Gasteiger partial charge is 0.0439 e. The summed E-state index contributed by atoms with van der Waals surface area (Å²) in [6.45, 7) is 30.8. The molecule has 0 amide bonds. The van der Waals surface area contributed by atoms with Gasteiger partial charge in [0.15, 0.2) is 0 Å². The van der Waals surface area contributed by atoms with E-state index in [0.717, 1.165) is 19.3 Å². The fourth-order valence-corrected chi connectivity index (χ4v) is 6.44. The highest BCUT2D eigenvalue weighted by Gasteiger charge is 2.51. The minimum atomic E-state index is -0.100. The zero-order valence-corrected chi connectivity index (χ0v) is 23.5. The number of piperidine rings is 1. The van der Waals surface area contributed by atoms with Crippen molar-refractivity contribution in [2.75, 3.05) is 0 Å². The van der Waals surface area contributed by atoms with Gasteiger partial charge in [-0.05, 0) is 110 Å². The van der Waals surface area contributed by atoms with Gasteiger partial charge in [-0.3, -0.25) is 0 Å². The van der Waals surface area contributed by atoms with Crippen LogP contribution in [-0.4, -0.2) is 42.7 Å². The average molecular weight is 441 g/mol. The summed E-state index contributed by atoms with van der Waals surface area (Å²) in [5.41, 5.74) is 0.336. The second-order valence-electron chi connectivity index (χ2n) is 15.4. The molecule has 0 radical (unpaired) electrons. The molecule has 1 atom stereocenters. The van der Waals surface area contributed by atoms with Crippen molar-refractivity contribution in [3.63, 3.8) is 0 Å². The van der Waals surface area contributed by atoms with Crippen molar-refractivity contribution >= 4 is 0 Å². The van der Waals surface area contributed by atoms with Crippen LogP contribution in [0.3, 0.4) is 0 Å². The third-order valence-corrected chi connectivity index (χ3v) is 7.35. The fraction of sp³-hybridized carbons (Fsp3) is 1.00. The Morgan fingerprint density at radius 2 is 0.968 bits per heavy atom. The van der Waals surface area contributed by atoms with Gasteiger partial charge in [0.05, 0.1) is 0 Å². The second kappa shape index (κ2) is 8.89. The predicted molar refractivity (Wildman–Crippen MR) is 133 cm³/mol. The normalized spacial score (nSPS) is 28.8. The summed E-state index contributed by atoms with van der Waals surface area (Å²) in [6, 6.07) is 0. The molecule has 186 valence electrons. The largest absolute Gasteiger partial charge is 0.313 e. The Hall–Kier alpha value is -0.160. The van der Waals surface area contributed by atoms with Crippen molar-refractivity contribution in [3.05, 3.63) is 0 Å². The Bertz CT molecular complexity index is 573. The third-order valence-electron chi connectivity index (χ3n) is 7.35. The summed E-state index contributed by atoms with van der Waals surface area (Å²) in [5, 5.41) is 23.5. The van der Waals surface area contributed by atoms with Crippen molar-refractivity contribution in [2.45, 2.75) is 151 Å². The Morgan fingerprint density at radius 3 is 1.26 bits per heavy atom. The van der Waals surface area contributed by atoms with E-state index < -0.39 is 0 Å². The van der Waals surface area contributed by atoms with Crippen LogP contribution < -0.4 is 0 Å². The third kappa shape index (κ3) is 7.69. The molecule has 4 heteroatoms. The number of rotatable bonds is 2. The molecule has 2 heterocycles. The molecule has 0 aromatic carbocycles. The summed E-state index contributed by atoms with van der Waals surface area (Å²) in [7, 11) is 0. The van der Waals surface area contributed by atoms with E-state index in [1.165, 1.54) is 12.8 Å². The number of nitrogens with zero attached hydrogens (tertiary/aromatic N) is 2.